The van der Waals surface area contributed by atoms with Crippen molar-refractivity contribution in [1.29, 1.82) is 0 Å². The number of carbonyl (C=O) groups excluding carboxylic acids is 1. The molecule has 0 fully saturated rings. The number of hydrogen-bond donors (Lipinski definition) is 3. The fourth-order valence-corrected chi connectivity index (χ4v) is 5.24. The SMILES string of the molecule is CCCCCC/C=C/CCCC[C@@H](O)[C@H](COP(=O)(O)OCC[N+](C)(C)C)NC(=O)CCCCCCCCCCC. The van der Waals surface area contributed by atoms with Gasteiger partial charge in [0, 0.05) is 6.42 Å². The minimum atomic E-state index is -4.30. The van der Waals surface area contributed by atoms with E-state index in [-0.39, 0.29) is 19.1 Å². The Hall–Kier alpha value is -0.760. The molecular weight excluding hydrogens is 539 g/mol. The van der Waals surface area contributed by atoms with Gasteiger partial charge in [0.1, 0.15) is 13.2 Å². The second kappa shape index (κ2) is 25.7. The highest BCUT2D eigenvalue weighted by atomic mass is 31.2. The molecule has 41 heavy (non-hydrogen) atoms. The van der Waals surface area contributed by atoms with E-state index in [0.717, 1.165) is 44.9 Å². The van der Waals surface area contributed by atoms with Crippen molar-refractivity contribution in [2.45, 2.75) is 148 Å². The van der Waals surface area contributed by atoms with Gasteiger partial charge in [-0.05, 0) is 38.5 Å². The summed E-state index contributed by atoms with van der Waals surface area (Å²) in [6, 6.07) is -0.766. The summed E-state index contributed by atoms with van der Waals surface area (Å²) in [6.45, 7) is 4.78. The molecule has 0 heterocycles. The van der Waals surface area contributed by atoms with Gasteiger partial charge < -0.3 is 19.8 Å². The van der Waals surface area contributed by atoms with E-state index in [1.165, 1.54) is 64.2 Å². The number of hydrogen-bond acceptors (Lipinski definition) is 5. The number of likely N-dealkylation sites (N-methyl/N-ethyl adjacent to an activating group) is 1. The Labute approximate surface area is 252 Å². The molecule has 0 saturated heterocycles. The smallest absolute Gasteiger partial charge is 0.391 e. The lowest BCUT2D eigenvalue weighted by Gasteiger charge is -2.26. The van der Waals surface area contributed by atoms with Gasteiger partial charge in [0.25, 0.3) is 0 Å². The van der Waals surface area contributed by atoms with Crippen molar-refractivity contribution in [2.24, 2.45) is 0 Å². The normalized spacial score (nSPS) is 15.2. The molecule has 0 aliphatic carbocycles. The van der Waals surface area contributed by atoms with Crippen molar-refractivity contribution in [3.05, 3.63) is 12.2 Å². The quantitative estimate of drug-likeness (QED) is 0.0350. The van der Waals surface area contributed by atoms with Crippen molar-refractivity contribution in [3.8, 4) is 0 Å². The van der Waals surface area contributed by atoms with Gasteiger partial charge in [0.15, 0.2) is 0 Å². The molecular formula is C32H66N2O6P+. The molecule has 9 heteroatoms. The average molecular weight is 606 g/mol. The molecule has 0 aliphatic heterocycles. The van der Waals surface area contributed by atoms with Gasteiger partial charge in [-0.1, -0.05) is 103 Å². The van der Waals surface area contributed by atoms with E-state index in [9.17, 15) is 19.4 Å². The van der Waals surface area contributed by atoms with Crippen LogP contribution in [0.15, 0.2) is 12.2 Å². The third-order valence-electron chi connectivity index (χ3n) is 7.26. The van der Waals surface area contributed by atoms with Crippen LogP contribution in [0, 0.1) is 0 Å². The topological polar surface area (TPSA) is 105 Å². The summed E-state index contributed by atoms with van der Waals surface area (Å²) >= 11 is 0. The van der Waals surface area contributed by atoms with Gasteiger partial charge in [0.05, 0.1) is 39.9 Å². The number of amides is 1. The number of quaternary nitrogens is 1. The minimum absolute atomic E-state index is 0.0710. The third-order valence-corrected chi connectivity index (χ3v) is 8.25. The van der Waals surface area contributed by atoms with Gasteiger partial charge in [-0.15, -0.1) is 0 Å². The molecule has 8 nitrogen and oxygen atoms in total. The third kappa shape index (κ3) is 27.8. The molecule has 0 aliphatic rings. The molecule has 0 radical (unpaired) electrons. The number of nitrogens with zero attached hydrogens (tertiary/aromatic N) is 1. The van der Waals surface area contributed by atoms with Crippen LogP contribution in [-0.4, -0.2) is 73.4 Å². The maximum Gasteiger partial charge on any atom is 0.472 e. The summed E-state index contributed by atoms with van der Waals surface area (Å²) in [5.41, 5.74) is 0. The van der Waals surface area contributed by atoms with E-state index in [1.807, 2.05) is 21.1 Å². The van der Waals surface area contributed by atoms with Crippen LogP contribution in [0.3, 0.4) is 0 Å². The maximum atomic E-state index is 12.7. The van der Waals surface area contributed by atoms with Crippen molar-refractivity contribution in [3.63, 3.8) is 0 Å². The van der Waals surface area contributed by atoms with E-state index in [2.05, 4.69) is 31.3 Å². The highest BCUT2D eigenvalue weighted by Crippen LogP contribution is 2.43. The van der Waals surface area contributed by atoms with E-state index >= 15 is 0 Å². The molecule has 0 aromatic rings. The van der Waals surface area contributed by atoms with E-state index in [4.69, 9.17) is 9.05 Å². The number of phosphoric ester groups is 1. The Balaban J connectivity index is 4.61. The molecule has 0 saturated carbocycles. The molecule has 3 atom stereocenters. The summed E-state index contributed by atoms with van der Waals surface area (Å²) in [6.07, 6.45) is 23.8. The summed E-state index contributed by atoms with van der Waals surface area (Å²) in [4.78, 5) is 22.8. The summed E-state index contributed by atoms with van der Waals surface area (Å²) in [5, 5.41) is 13.7. The summed E-state index contributed by atoms with van der Waals surface area (Å²) in [7, 11) is 1.59. The van der Waals surface area contributed by atoms with Crippen LogP contribution >= 0.6 is 7.82 Å². The van der Waals surface area contributed by atoms with Crippen LogP contribution < -0.4 is 5.32 Å². The van der Waals surface area contributed by atoms with Crippen LogP contribution in [0.5, 0.6) is 0 Å². The summed E-state index contributed by atoms with van der Waals surface area (Å²) in [5.74, 6) is -0.162. The number of aliphatic hydroxyl groups is 1. The molecule has 3 N–H and O–H groups in total. The second-order valence-corrected chi connectivity index (χ2v) is 14.0. The highest BCUT2D eigenvalue weighted by molar-refractivity contribution is 7.47. The zero-order chi connectivity index (χ0) is 30.8. The first-order valence-corrected chi connectivity index (χ1v) is 18.0. The predicted molar refractivity (Wildman–Crippen MR) is 171 cm³/mol. The largest absolute Gasteiger partial charge is 0.472 e. The molecule has 0 spiro atoms. The Morgan fingerprint density at radius 3 is 1.88 bits per heavy atom. The minimum Gasteiger partial charge on any atom is -0.391 e. The maximum absolute atomic E-state index is 12.7. The van der Waals surface area contributed by atoms with Gasteiger partial charge in [0.2, 0.25) is 5.91 Å². The van der Waals surface area contributed by atoms with Crippen LogP contribution in [0.2, 0.25) is 0 Å². The Kier molecular flexibility index (Phi) is 25.2. The lowest BCUT2D eigenvalue weighted by molar-refractivity contribution is -0.870. The average Bonchev–Trinajstić information content (AvgIpc) is 2.90. The fourth-order valence-electron chi connectivity index (χ4n) is 4.51. The monoisotopic (exact) mass is 605 g/mol. The predicted octanol–water partition coefficient (Wildman–Crippen LogP) is 7.68. The number of nitrogens with one attached hydrogen (secondary N) is 1. The number of allylic oxidation sites excluding steroid dienone is 2. The van der Waals surface area contributed by atoms with E-state index in [0.29, 0.717) is 23.9 Å². The molecule has 0 bridgehead atoms. The van der Waals surface area contributed by atoms with Crippen LogP contribution in [0.1, 0.15) is 136 Å². The zero-order valence-electron chi connectivity index (χ0n) is 27.3. The lowest BCUT2D eigenvalue weighted by atomic mass is 10.0. The van der Waals surface area contributed by atoms with Gasteiger partial charge in [-0.3, -0.25) is 13.8 Å². The highest BCUT2D eigenvalue weighted by Gasteiger charge is 2.28. The first-order valence-electron chi connectivity index (χ1n) is 16.6. The number of aliphatic hydroxyl groups excluding tert-OH is 1. The number of rotatable bonds is 29. The standard InChI is InChI=1S/C32H65N2O6P/c1-6-8-10-12-14-16-18-19-21-23-25-31(35)30(29-40-41(37,38)39-28-27-34(3,4)5)33-32(36)26-24-22-20-17-15-13-11-9-7-2/h16,18,30-31,35H,6-15,17,19-29H2,1-5H3,(H-,33,36,37,38)/p+1/b18-16+/t30-,31+/m0/s1. The molecule has 0 aromatic heterocycles. The van der Waals surface area contributed by atoms with Crippen LogP contribution in [-0.2, 0) is 18.4 Å². The fraction of sp³-hybridized carbons (Fsp3) is 0.906. The Morgan fingerprint density at radius 2 is 1.32 bits per heavy atom. The van der Waals surface area contributed by atoms with E-state index < -0.39 is 20.0 Å². The van der Waals surface area contributed by atoms with Crippen molar-refractivity contribution in [2.75, 3.05) is 40.9 Å². The van der Waals surface area contributed by atoms with Gasteiger partial charge >= 0.3 is 7.82 Å². The Bertz CT molecular complexity index is 698. The molecule has 1 unspecified atom stereocenters. The zero-order valence-corrected chi connectivity index (χ0v) is 28.2. The molecule has 244 valence electrons. The van der Waals surface area contributed by atoms with Crippen LogP contribution in [0.25, 0.3) is 0 Å². The molecule has 1 amide bonds. The first kappa shape index (κ1) is 40.2. The molecule has 0 aromatic carbocycles. The number of phosphoric acid groups is 1. The Morgan fingerprint density at radius 1 is 0.805 bits per heavy atom. The number of carbonyl (C=O) groups is 1. The van der Waals surface area contributed by atoms with Gasteiger partial charge in [-0.25, -0.2) is 4.57 Å². The van der Waals surface area contributed by atoms with Crippen molar-refractivity contribution < 1.29 is 32.9 Å². The first-order chi connectivity index (χ1) is 19.5. The number of unbranched alkanes of at least 4 members (excludes halogenated alkanes) is 14. The van der Waals surface area contributed by atoms with Gasteiger partial charge in [-0.2, -0.15) is 0 Å². The van der Waals surface area contributed by atoms with Crippen molar-refractivity contribution >= 4 is 13.7 Å². The second-order valence-electron chi connectivity index (χ2n) is 12.5. The van der Waals surface area contributed by atoms with E-state index in [1.54, 1.807) is 0 Å². The molecule has 0 rings (SSSR count). The summed E-state index contributed by atoms with van der Waals surface area (Å²) < 4.78 is 23.3. The van der Waals surface area contributed by atoms with Crippen LogP contribution in [0.4, 0.5) is 0 Å². The lowest BCUT2D eigenvalue weighted by Crippen LogP contribution is -2.46. The van der Waals surface area contributed by atoms with Crippen molar-refractivity contribution in [1.82, 2.24) is 5.32 Å².